The summed E-state index contributed by atoms with van der Waals surface area (Å²) in [5.74, 6) is 0.623. The zero-order valence-electron chi connectivity index (χ0n) is 12.1. The summed E-state index contributed by atoms with van der Waals surface area (Å²) in [6, 6.07) is 8.88. The first-order chi connectivity index (χ1) is 10.7. The van der Waals surface area contributed by atoms with Crippen molar-refractivity contribution in [3.05, 3.63) is 60.7 Å². The first-order valence-electron chi connectivity index (χ1n) is 6.99. The van der Waals surface area contributed by atoms with Gasteiger partial charge in [0, 0.05) is 25.1 Å². The lowest BCUT2D eigenvalue weighted by Crippen LogP contribution is -2.30. The van der Waals surface area contributed by atoms with Gasteiger partial charge in [-0.2, -0.15) is 5.10 Å². The highest BCUT2D eigenvalue weighted by molar-refractivity contribution is 5.79. The van der Waals surface area contributed by atoms with Crippen LogP contribution < -0.4 is 5.32 Å². The van der Waals surface area contributed by atoms with E-state index in [4.69, 9.17) is 4.42 Å². The Labute approximate surface area is 127 Å². The fraction of sp³-hybridized carbons (Fsp3) is 0.188. The molecule has 0 aliphatic heterocycles. The SMILES string of the molecule is C[C@H](C(=O)NCc1ccnc(-c2ccco2)c1)n1cccn1. The minimum Gasteiger partial charge on any atom is -0.463 e. The van der Waals surface area contributed by atoms with Gasteiger partial charge in [0.15, 0.2) is 5.76 Å². The van der Waals surface area contributed by atoms with E-state index in [0.29, 0.717) is 12.3 Å². The number of carbonyl (C=O) groups excluding carboxylic acids is 1. The summed E-state index contributed by atoms with van der Waals surface area (Å²) in [5, 5.41) is 6.97. The molecule has 0 radical (unpaired) electrons. The number of hydrogen-bond acceptors (Lipinski definition) is 4. The van der Waals surface area contributed by atoms with Crippen LogP contribution in [0.15, 0.2) is 59.6 Å². The van der Waals surface area contributed by atoms with Gasteiger partial charge in [-0.15, -0.1) is 0 Å². The Morgan fingerprint density at radius 1 is 1.36 bits per heavy atom. The van der Waals surface area contributed by atoms with Gasteiger partial charge in [-0.05, 0) is 42.8 Å². The average Bonchev–Trinajstić information content (AvgIpc) is 3.24. The highest BCUT2D eigenvalue weighted by atomic mass is 16.3. The largest absolute Gasteiger partial charge is 0.463 e. The molecule has 1 N–H and O–H groups in total. The molecule has 0 spiro atoms. The van der Waals surface area contributed by atoms with Crippen molar-refractivity contribution < 1.29 is 9.21 Å². The summed E-state index contributed by atoms with van der Waals surface area (Å²) in [5.41, 5.74) is 1.71. The zero-order valence-corrected chi connectivity index (χ0v) is 12.1. The normalized spacial score (nSPS) is 12.0. The number of nitrogens with zero attached hydrogens (tertiary/aromatic N) is 3. The molecule has 3 rings (SSSR count). The topological polar surface area (TPSA) is 73.0 Å². The molecule has 3 heterocycles. The van der Waals surface area contributed by atoms with Crippen LogP contribution in [0.4, 0.5) is 0 Å². The molecule has 0 bridgehead atoms. The lowest BCUT2D eigenvalue weighted by atomic mass is 10.2. The number of hydrogen-bond donors (Lipinski definition) is 1. The number of nitrogens with one attached hydrogen (secondary N) is 1. The average molecular weight is 296 g/mol. The molecule has 0 saturated carbocycles. The Kier molecular flexibility index (Phi) is 4.00. The van der Waals surface area contributed by atoms with Gasteiger partial charge in [-0.25, -0.2) is 0 Å². The van der Waals surface area contributed by atoms with Crippen molar-refractivity contribution in [1.82, 2.24) is 20.1 Å². The number of rotatable bonds is 5. The van der Waals surface area contributed by atoms with Crippen LogP contribution in [0.1, 0.15) is 18.5 Å². The third-order valence-electron chi connectivity index (χ3n) is 3.37. The number of carbonyl (C=O) groups is 1. The molecule has 0 aliphatic rings. The maximum Gasteiger partial charge on any atom is 0.244 e. The van der Waals surface area contributed by atoms with Crippen molar-refractivity contribution >= 4 is 5.91 Å². The van der Waals surface area contributed by atoms with Crippen molar-refractivity contribution in [2.45, 2.75) is 19.5 Å². The van der Waals surface area contributed by atoms with Gasteiger partial charge in [-0.1, -0.05) is 0 Å². The van der Waals surface area contributed by atoms with Gasteiger partial charge < -0.3 is 9.73 Å². The van der Waals surface area contributed by atoms with Crippen LogP contribution in [-0.2, 0) is 11.3 Å². The predicted octanol–water partition coefficient (Wildman–Crippen LogP) is 2.42. The van der Waals surface area contributed by atoms with Gasteiger partial charge in [-0.3, -0.25) is 14.5 Å². The highest BCUT2D eigenvalue weighted by Crippen LogP contribution is 2.18. The summed E-state index contributed by atoms with van der Waals surface area (Å²) in [6.07, 6.45) is 6.74. The summed E-state index contributed by atoms with van der Waals surface area (Å²) >= 11 is 0. The molecule has 0 saturated heterocycles. The first kappa shape index (κ1) is 14.1. The van der Waals surface area contributed by atoms with Crippen LogP contribution in [0.5, 0.6) is 0 Å². The molecule has 0 aromatic carbocycles. The van der Waals surface area contributed by atoms with E-state index in [1.807, 2.05) is 31.2 Å². The summed E-state index contributed by atoms with van der Waals surface area (Å²) in [6.45, 7) is 2.24. The van der Waals surface area contributed by atoms with E-state index in [2.05, 4.69) is 15.4 Å². The van der Waals surface area contributed by atoms with E-state index in [1.54, 1.807) is 35.6 Å². The third kappa shape index (κ3) is 3.06. The third-order valence-corrected chi connectivity index (χ3v) is 3.37. The molecular weight excluding hydrogens is 280 g/mol. The molecule has 0 fully saturated rings. The van der Waals surface area contributed by atoms with E-state index in [1.165, 1.54) is 0 Å². The zero-order chi connectivity index (χ0) is 15.4. The Balaban J connectivity index is 1.64. The Morgan fingerprint density at radius 3 is 3.00 bits per heavy atom. The van der Waals surface area contributed by atoms with E-state index in [9.17, 15) is 4.79 Å². The second kappa shape index (κ2) is 6.26. The second-order valence-corrected chi connectivity index (χ2v) is 4.91. The lowest BCUT2D eigenvalue weighted by Gasteiger charge is -2.12. The Hall–Kier alpha value is -2.89. The molecule has 112 valence electrons. The van der Waals surface area contributed by atoms with Gasteiger partial charge in [0.05, 0.1) is 6.26 Å². The summed E-state index contributed by atoms with van der Waals surface area (Å²) in [4.78, 5) is 16.4. The molecule has 3 aromatic heterocycles. The van der Waals surface area contributed by atoms with E-state index < -0.39 is 0 Å². The quantitative estimate of drug-likeness (QED) is 0.784. The maximum atomic E-state index is 12.1. The molecule has 22 heavy (non-hydrogen) atoms. The van der Waals surface area contributed by atoms with Crippen molar-refractivity contribution in [2.24, 2.45) is 0 Å². The summed E-state index contributed by atoms with van der Waals surface area (Å²) < 4.78 is 6.95. The number of amides is 1. The molecule has 3 aromatic rings. The van der Waals surface area contributed by atoms with Crippen molar-refractivity contribution in [2.75, 3.05) is 0 Å². The van der Waals surface area contributed by atoms with Crippen molar-refractivity contribution in [3.63, 3.8) is 0 Å². The van der Waals surface area contributed by atoms with Crippen LogP contribution >= 0.6 is 0 Å². The van der Waals surface area contributed by atoms with Crippen LogP contribution in [0.2, 0.25) is 0 Å². The lowest BCUT2D eigenvalue weighted by molar-refractivity contribution is -0.124. The van der Waals surface area contributed by atoms with E-state index >= 15 is 0 Å². The minimum atomic E-state index is -0.346. The monoisotopic (exact) mass is 296 g/mol. The minimum absolute atomic E-state index is 0.0833. The molecule has 0 aliphatic carbocycles. The Bertz CT molecular complexity index is 735. The number of furan rings is 1. The van der Waals surface area contributed by atoms with Crippen LogP contribution in [0.25, 0.3) is 11.5 Å². The predicted molar refractivity (Wildman–Crippen MR) is 80.7 cm³/mol. The fourth-order valence-electron chi connectivity index (χ4n) is 2.11. The van der Waals surface area contributed by atoms with Crippen LogP contribution in [0.3, 0.4) is 0 Å². The van der Waals surface area contributed by atoms with Gasteiger partial charge in [0.1, 0.15) is 11.7 Å². The Morgan fingerprint density at radius 2 is 2.27 bits per heavy atom. The van der Waals surface area contributed by atoms with E-state index in [0.717, 1.165) is 11.3 Å². The molecule has 1 atom stereocenters. The smallest absolute Gasteiger partial charge is 0.244 e. The molecule has 6 nitrogen and oxygen atoms in total. The second-order valence-electron chi connectivity index (χ2n) is 4.91. The van der Waals surface area contributed by atoms with Gasteiger partial charge >= 0.3 is 0 Å². The molecule has 1 amide bonds. The maximum absolute atomic E-state index is 12.1. The van der Waals surface area contributed by atoms with Crippen LogP contribution in [-0.4, -0.2) is 20.7 Å². The summed E-state index contributed by atoms with van der Waals surface area (Å²) in [7, 11) is 0. The fourth-order valence-corrected chi connectivity index (χ4v) is 2.11. The standard InChI is InChI=1S/C16H16N4O2/c1-12(20-8-3-6-19-20)16(21)18-11-13-5-7-17-14(10-13)15-4-2-9-22-15/h2-10,12H,11H2,1H3,(H,18,21)/t12-/m1/s1. The van der Waals surface area contributed by atoms with Crippen molar-refractivity contribution in [3.8, 4) is 11.5 Å². The molecule has 0 unspecified atom stereocenters. The highest BCUT2D eigenvalue weighted by Gasteiger charge is 2.14. The number of aromatic nitrogens is 3. The van der Waals surface area contributed by atoms with Gasteiger partial charge in [0.2, 0.25) is 5.91 Å². The molecule has 6 heteroatoms. The number of pyridine rings is 1. The van der Waals surface area contributed by atoms with Crippen LogP contribution in [0, 0.1) is 0 Å². The van der Waals surface area contributed by atoms with Crippen molar-refractivity contribution in [1.29, 1.82) is 0 Å². The van der Waals surface area contributed by atoms with E-state index in [-0.39, 0.29) is 11.9 Å². The van der Waals surface area contributed by atoms with Gasteiger partial charge in [0.25, 0.3) is 0 Å². The molecular formula is C16H16N4O2. The first-order valence-corrected chi connectivity index (χ1v) is 6.99.